The van der Waals surface area contributed by atoms with Gasteiger partial charge < -0.3 is 10.0 Å². The second-order valence-electron chi connectivity index (χ2n) is 6.00. The zero-order valence-corrected chi connectivity index (χ0v) is 13.7. The molecular weight excluding hydrogens is 306 g/mol. The summed E-state index contributed by atoms with van der Waals surface area (Å²) in [4.78, 5) is 13.0. The number of rotatable bonds is 3. The lowest BCUT2D eigenvalue weighted by atomic mass is 9.99. The Morgan fingerprint density at radius 2 is 2.09 bits per heavy atom. The van der Waals surface area contributed by atoms with E-state index < -0.39 is 0 Å². The summed E-state index contributed by atoms with van der Waals surface area (Å²) in [5.74, 6) is 2.12. The Labute approximate surface area is 139 Å². The summed E-state index contributed by atoms with van der Waals surface area (Å²) in [6.45, 7) is 2.10. The van der Waals surface area contributed by atoms with Gasteiger partial charge in [0.1, 0.15) is 5.82 Å². The molecule has 1 fully saturated rings. The SMILES string of the molecule is OCC1CCCN(c2nc(-c3cccs3)nc3ccccc23)C1. The number of piperidine rings is 1. The summed E-state index contributed by atoms with van der Waals surface area (Å²) >= 11 is 1.66. The van der Waals surface area contributed by atoms with Crippen LogP contribution in [0.1, 0.15) is 12.8 Å². The number of thiophene rings is 1. The van der Waals surface area contributed by atoms with E-state index in [1.165, 1.54) is 0 Å². The van der Waals surface area contributed by atoms with Crippen LogP contribution in [0.4, 0.5) is 5.82 Å². The number of fused-ring (bicyclic) bond motifs is 1. The summed E-state index contributed by atoms with van der Waals surface area (Å²) in [7, 11) is 0. The highest BCUT2D eigenvalue weighted by Gasteiger charge is 2.23. The maximum atomic E-state index is 9.52. The molecule has 3 aromatic rings. The minimum Gasteiger partial charge on any atom is -0.396 e. The number of aliphatic hydroxyl groups excluding tert-OH is 1. The van der Waals surface area contributed by atoms with E-state index in [0.717, 1.165) is 53.4 Å². The number of para-hydroxylation sites is 1. The van der Waals surface area contributed by atoms with E-state index in [4.69, 9.17) is 9.97 Å². The fraction of sp³-hybridized carbons (Fsp3) is 0.333. The maximum absolute atomic E-state index is 9.52. The number of aliphatic hydroxyl groups is 1. The van der Waals surface area contributed by atoms with Gasteiger partial charge in [0, 0.05) is 25.1 Å². The highest BCUT2D eigenvalue weighted by atomic mass is 32.1. The monoisotopic (exact) mass is 325 g/mol. The van der Waals surface area contributed by atoms with Crippen LogP contribution in [0.25, 0.3) is 21.6 Å². The predicted octanol–water partition coefficient (Wildman–Crippen LogP) is 3.57. The van der Waals surface area contributed by atoms with E-state index >= 15 is 0 Å². The second-order valence-corrected chi connectivity index (χ2v) is 6.95. The fourth-order valence-corrected chi connectivity index (χ4v) is 3.88. The summed E-state index contributed by atoms with van der Waals surface area (Å²) in [5.41, 5.74) is 0.979. The summed E-state index contributed by atoms with van der Waals surface area (Å²) in [5, 5.41) is 12.7. The van der Waals surface area contributed by atoms with Gasteiger partial charge in [0.25, 0.3) is 0 Å². The molecule has 0 bridgehead atoms. The van der Waals surface area contributed by atoms with E-state index in [1.54, 1.807) is 11.3 Å². The van der Waals surface area contributed by atoms with Gasteiger partial charge in [-0.3, -0.25) is 0 Å². The van der Waals surface area contributed by atoms with Crippen molar-refractivity contribution in [2.75, 3.05) is 24.6 Å². The third kappa shape index (κ3) is 2.82. The van der Waals surface area contributed by atoms with Crippen LogP contribution in [0.2, 0.25) is 0 Å². The van der Waals surface area contributed by atoms with Crippen molar-refractivity contribution in [1.82, 2.24) is 9.97 Å². The smallest absolute Gasteiger partial charge is 0.172 e. The molecule has 1 aromatic carbocycles. The number of hydrogen-bond acceptors (Lipinski definition) is 5. The van der Waals surface area contributed by atoms with Gasteiger partial charge in [0.05, 0.1) is 10.4 Å². The molecule has 1 N–H and O–H groups in total. The second kappa shape index (κ2) is 6.26. The van der Waals surface area contributed by atoms with Crippen molar-refractivity contribution in [1.29, 1.82) is 0 Å². The topological polar surface area (TPSA) is 49.2 Å². The molecule has 1 aliphatic heterocycles. The maximum Gasteiger partial charge on any atom is 0.172 e. The molecule has 0 spiro atoms. The Hall–Kier alpha value is -1.98. The first kappa shape index (κ1) is 14.6. The summed E-state index contributed by atoms with van der Waals surface area (Å²) in [6, 6.07) is 12.3. The van der Waals surface area contributed by atoms with Crippen molar-refractivity contribution < 1.29 is 5.11 Å². The number of nitrogens with zero attached hydrogens (tertiary/aromatic N) is 3. The van der Waals surface area contributed by atoms with Crippen LogP contribution in [0, 0.1) is 5.92 Å². The summed E-state index contributed by atoms with van der Waals surface area (Å²) in [6.07, 6.45) is 2.19. The molecule has 1 saturated heterocycles. The lowest BCUT2D eigenvalue weighted by Crippen LogP contribution is -2.37. The van der Waals surface area contributed by atoms with Crippen molar-refractivity contribution in [2.24, 2.45) is 5.92 Å². The van der Waals surface area contributed by atoms with Crippen LogP contribution in [0.5, 0.6) is 0 Å². The molecule has 1 aliphatic rings. The van der Waals surface area contributed by atoms with E-state index in [9.17, 15) is 5.11 Å². The Bertz CT molecular complexity index is 803. The van der Waals surface area contributed by atoms with Gasteiger partial charge in [0.15, 0.2) is 5.82 Å². The van der Waals surface area contributed by atoms with Crippen molar-refractivity contribution in [2.45, 2.75) is 12.8 Å². The third-order valence-electron chi connectivity index (χ3n) is 4.40. The molecule has 0 radical (unpaired) electrons. The molecule has 4 nitrogen and oxygen atoms in total. The third-order valence-corrected chi connectivity index (χ3v) is 5.27. The van der Waals surface area contributed by atoms with Crippen molar-refractivity contribution in [3.05, 3.63) is 41.8 Å². The summed E-state index contributed by atoms with van der Waals surface area (Å²) < 4.78 is 0. The number of anilines is 1. The lowest BCUT2D eigenvalue weighted by molar-refractivity contribution is 0.208. The standard InChI is InChI=1S/C18H19N3OS/c22-12-13-5-3-9-21(11-13)18-14-6-1-2-7-15(14)19-17(20-18)16-8-4-10-23-16/h1-2,4,6-8,10,13,22H,3,5,9,11-12H2. The molecular formula is C18H19N3OS. The van der Waals surface area contributed by atoms with Crippen LogP contribution in [-0.2, 0) is 0 Å². The molecule has 3 heterocycles. The van der Waals surface area contributed by atoms with Gasteiger partial charge in [-0.15, -0.1) is 11.3 Å². The molecule has 0 saturated carbocycles. The molecule has 4 rings (SSSR count). The Morgan fingerprint density at radius 3 is 2.91 bits per heavy atom. The van der Waals surface area contributed by atoms with E-state index in [2.05, 4.69) is 22.4 Å². The zero-order chi connectivity index (χ0) is 15.6. The van der Waals surface area contributed by atoms with Crippen LogP contribution in [-0.4, -0.2) is 34.8 Å². The van der Waals surface area contributed by atoms with Crippen LogP contribution >= 0.6 is 11.3 Å². The van der Waals surface area contributed by atoms with Crippen molar-refractivity contribution >= 4 is 28.1 Å². The molecule has 1 unspecified atom stereocenters. The van der Waals surface area contributed by atoms with E-state index in [1.807, 2.05) is 24.3 Å². The van der Waals surface area contributed by atoms with Crippen LogP contribution in [0.3, 0.4) is 0 Å². The minimum atomic E-state index is 0.247. The largest absolute Gasteiger partial charge is 0.396 e. The molecule has 1 atom stereocenters. The lowest BCUT2D eigenvalue weighted by Gasteiger charge is -2.33. The van der Waals surface area contributed by atoms with Gasteiger partial charge in [-0.2, -0.15) is 0 Å². The first-order valence-electron chi connectivity index (χ1n) is 8.01. The molecule has 0 aliphatic carbocycles. The Kier molecular flexibility index (Phi) is 3.97. The molecule has 0 amide bonds. The highest BCUT2D eigenvalue weighted by molar-refractivity contribution is 7.13. The zero-order valence-electron chi connectivity index (χ0n) is 12.9. The van der Waals surface area contributed by atoms with Gasteiger partial charge in [0.2, 0.25) is 0 Å². The Morgan fingerprint density at radius 1 is 1.17 bits per heavy atom. The predicted molar refractivity (Wildman–Crippen MR) is 94.9 cm³/mol. The average molecular weight is 325 g/mol. The molecule has 118 valence electrons. The number of aromatic nitrogens is 2. The number of hydrogen-bond donors (Lipinski definition) is 1. The normalized spacial score (nSPS) is 18.5. The minimum absolute atomic E-state index is 0.247. The quantitative estimate of drug-likeness (QED) is 0.800. The van der Waals surface area contributed by atoms with Crippen molar-refractivity contribution in [3.8, 4) is 10.7 Å². The van der Waals surface area contributed by atoms with Crippen LogP contribution in [0.15, 0.2) is 41.8 Å². The van der Waals surface area contributed by atoms with Gasteiger partial charge in [-0.05, 0) is 42.3 Å². The molecule has 23 heavy (non-hydrogen) atoms. The first-order valence-corrected chi connectivity index (χ1v) is 8.89. The molecule has 5 heteroatoms. The fourth-order valence-electron chi connectivity index (χ4n) is 3.22. The van der Waals surface area contributed by atoms with Gasteiger partial charge >= 0.3 is 0 Å². The average Bonchev–Trinajstić information content (AvgIpc) is 3.15. The van der Waals surface area contributed by atoms with Crippen LogP contribution < -0.4 is 4.90 Å². The first-order chi connectivity index (χ1) is 11.3. The van der Waals surface area contributed by atoms with E-state index in [-0.39, 0.29) is 6.61 Å². The van der Waals surface area contributed by atoms with Crippen molar-refractivity contribution in [3.63, 3.8) is 0 Å². The Balaban J connectivity index is 1.83. The van der Waals surface area contributed by atoms with E-state index in [0.29, 0.717) is 5.92 Å². The van der Waals surface area contributed by atoms with Gasteiger partial charge in [-0.1, -0.05) is 18.2 Å². The van der Waals surface area contributed by atoms with Gasteiger partial charge in [-0.25, -0.2) is 9.97 Å². The highest BCUT2D eigenvalue weighted by Crippen LogP contribution is 2.31. The molecule has 2 aromatic heterocycles. The number of benzene rings is 1.